The molecule has 8 saturated carbocycles. The number of ketones is 1. The van der Waals surface area contributed by atoms with Crippen molar-refractivity contribution >= 4 is 17.7 Å². The Morgan fingerprint density at radius 1 is 0.589 bits per heavy atom. The van der Waals surface area contributed by atoms with Gasteiger partial charge in [-0.15, -0.1) is 0 Å². The van der Waals surface area contributed by atoms with Crippen LogP contribution in [0.1, 0.15) is 170 Å². The molecule has 8 aliphatic carbocycles. The molecule has 8 aliphatic rings. The third-order valence-electron chi connectivity index (χ3n) is 20.3. The minimum Gasteiger partial charge on any atom is -0.481 e. The number of carbonyl (C=O) groups excluding carboxylic acids is 1. The van der Waals surface area contributed by atoms with Crippen LogP contribution in [0.3, 0.4) is 0 Å². The smallest absolute Gasteiger partial charge is 0.303 e. The molecular formula is C48H78O8. The highest BCUT2D eigenvalue weighted by molar-refractivity contribution is 5.79. The Hall–Kier alpha value is -1.51. The maximum Gasteiger partial charge on any atom is 0.303 e. The Balaban J connectivity index is 0.000000172. The monoisotopic (exact) mass is 783 g/mol. The number of aliphatic hydroxyl groups excluding tert-OH is 3. The van der Waals surface area contributed by atoms with Crippen molar-refractivity contribution in [1.82, 2.24) is 0 Å². The molecule has 0 bridgehead atoms. The quantitative estimate of drug-likeness (QED) is 0.164. The zero-order chi connectivity index (χ0) is 40.5. The van der Waals surface area contributed by atoms with Gasteiger partial charge in [-0.25, -0.2) is 0 Å². The average molecular weight is 783 g/mol. The van der Waals surface area contributed by atoms with Crippen molar-refractivity contribution in [2.45, 2.75) is 188 Å². The Labute approximate surface area is 337 Å². The van der Waals surface area contributed by atoms with Gasteiger partial charge < -0.3 is 25.5 Å². The Morgan fingerprint density at radius 2 is 1.02 bits per heavy atom. The number of aliphatic carboxylic acids is 2. The summed E-state index contributed by atoms with van der Waals surface area (Å²) >= 11 is 0. The SMILES string of the molecule is C[C@H](CCC(=O)O)[C@H]1CCC2[C@@H]3C(O)C[C@@H]4CC(=O)CC[C@]4(C)C3CC[C@@]21C.C[C@H](CCC(=O)O)[C@H]1CCC2[C@@H]3C(O)C[C@@H]4CC(O)CC[C@]4(C)C3CC[C@@]21C. The standard InChI is InChI=1S/C24H40O4.C24H38O4/c2*1-14(4-7-21(27)28)17-5-6-18-22-19(9-11-24(17,18)3)23(2)10-8-16(25)12-15(23)13-20(22)26/h14-20,22,25-26H,4-13H2,1-3H3,(H,27,28);14-15,17-20,22,26H,4-13H2,1-3H3,(H,27,28)/t14-,15+,16?,17-,18?,19?,20?,22+,23+,24-;14-,15+,17-,18?,19?,20?,22+,23+,24-/m11/s1. The second kappa shape index (κ2) is 15.8. The van der Waals surface area contributed by atoms with Crippen LogP contribution in [0.25, 0.3) is 0 Å². The lowest BCUT2D eigenvalue weighted by Crippen LogP contribution is -2.58. The lowest BCUT2D eigenvalue weighted by atomic mass is 9.43. The molecule has 0 spiro atoms. The summed E-state index contributed by atoms with van der Waals surface area (Å²) in [6, 6.07) is 0. The zero-order valence-corrected chi connectivity index (χ0v) is 35.8. The molecule has 0 heterocycles. The third-order valence-corrected chi connectivity index (χ3v) is 20.3. The maximum atomic E-state index is 12.1. The number of aliphatic hydroxyl groups is 3. The van der Waals surface area contributed by atoms with Crippen molar-refractivity contribution in [2.75, 3.05) is 0 Å². The lowest BCUT2D eigenvalue weighted by molar-refractivity contribution is -0.174. The summed E-state index contributed by atoms with van der Waals surface area (Å²) in [6.45, 7) is 14.3. The van der Waals surface area contributed by atoms with E-state index in [-0.39, 0.29) is 52.8 Å². The largest absolute Gasteiger partial charge is 0.481 e. The van der Waals surface area contributed by atoms with Crippen molar-refractivity contribution in [2.24, 2.45) is 92.7 Å². The summed E-state index contributed by atoms with van der Waals surface area (Å²) in [5.41, 5.74) is 0.967. The molecule has 56 heavy (non-hydrogen) atoms. The van der Waals surface area contributed by atoms with Gasteiger partial charge in [-0.3, -0.25) is 14.4 Å². The zero-order valence-electron chi connectivity index (χ0n) is 35.8. The Bertz CT molecular complexity index is 1460. The molecule has 5 N–H and O–H groups in total. The molecule has 318 valence electrons. The van der Waals surface area contributed by atoms with Gasteiger partial charge in [0.05, 0.1) is 18.3 Å². The number of hydrogen-bond donors (Lipinski definition) is 5. The number of carbonyl (C=O) groups is 3. The first-order valence-corrected chi connectivity index (χ1v) is 23.3. The van der Waals surface area contributed by atoms with E-state index in [1.54, 1.807) is 0 Å². The number of hydrogen-bond acceptors (Lipinski definition) is 6. The molecular weight excluding hydrogens is 705 g/mol. The van der Waals surface area contributed by atoms with E-state index in [4.69, 9.17) is 10.2 Å². The molecule has 7 unspecified atom stereocenters. The number of fused-ring (bicyclic) bond motifs is 10. The van der Waals surface area contributed by atoms with Crippen LogP contribution in [-0.2, 0) is 14.4 Å². The fourth-order valence-electron chi connectivity index (χ4n) is 17.3. The van der Waals surface area contributed by atoms with Crippen molar-refractivity contribution in [1.29, 1.82) is 0 Å². The topological polar surface area (TPSA) is 152 Å². The Kier molecular flexibility index (Phi) is 12.0. The first-order chi connectivity index (χ1) is 26.3. The number of rotatable bonds is 8. The van der Waals surface area contributed by atoms with Crippen LogP contribution in [0.2, 0.25) is 0 Å². The molecule has 8 heteroatoms. The van der Waals surface area contributed by atoms with Crippen LogP contribution < -0.4 is 0 Å². The molecule has 0 saturated heterocycles. The van der Waals surface area contributed by atoms with Crippen LogP contribution in [-0.4, -0.2) is 61.6 Å². The maximum absolute atomic E-state index is 12.1. The number of carboxylic acids is 2. The summed E-state index contributed by atoms with van der Waals surface area (Å²) in [5, 5.41) is 50.9. The summed E-state index contributed by atoms with van der Waals surface area (Å²) in [4.78, 5) is 34.2. The molecule has 0 aromatic carbocycles. The highest BCUT2D eigenvalue weighted by Crippen LogP contribution is 2.70. The van der Waals surface area contributed by atoms with Crippen LogP contribution in [0.4, 0.5) is 0 Å². The predicted octanol–water partition coefficient (Wildman–Crippen LogP) is 9.16. The molecule has 8 rings (SSSR count). The summed E-state index contributed by atoms with van der Waals surface area (Å²) in [5.74, 6) is 4.88. The van der Waals surface area contributed by atoms with E-state index in [0.717, 1.165) is 64.2 Å². The first-order valence-electron chi connectivity index (χ1n) is 23.3. The predicted molar refractivity (Wildman–Crippen MR) is 216 cm³/mol. The molecule has 0 radical (unpaired) electrons. The molecule has 0 aromatic heterocycles. The van der Waals surface area contributed by atoms with E-state index < -0.39 is 11.9 Å². The van der Waals surface area contributed by atoms with Gasteiger partial charge in [0.25, 0.3) is 0 Å². The van der Waals surface area contributed by atoms with Gasteiger partial charge in [-0.1, -0.05) is 41.5 Å². The van der Waals surface area contributed by atoms with Crippen LogP contribution in [0.15, 0.2) is 0 Å². The third kappa shape index (κ3) is 7.26. The fraction of sp³-hybridized carbons (Fsp3) is 0.938. The second-order valence-corrected chi connectivity index (χ2v) is 22.5. The average Bonchev–Trinajstić information content (AvgIpc) is 3.68. The second-order valence-electron chi connectivity index (χ2n) is 22.5. The van der Waals surface area contributed by atoms with Crippen LogP contribution >= 0.6 is 0 Å². The minimum absolute atomic E-state index is 0.179. The molecule has 0 amide bonds. The van der Waals surface area contributed by atoms with E-state index in [9.17, 15) is 29.7 Å². The van der Waals surface area contributed by atoms with Gasteiger partial charge in [-0.05, 0) is 195 Å². The van der Waals surface area contributed by atoms with Gasteiger partial charge in [0, 0.05) is 25.7 Å². The van der Waals surface area contributed by atoms with Crippen LogP contribution in [0, 0.1) is 92.7 Å². The van der Waals surface area contributed by atoms with Gasteiger partial charge in [0.2, 0.25) is 0 Å². The van der Waals surface area contributed by atoms with E-state index in [1.165, 1.54) is 44.9 Å². The normalized spacial score (nSPS) is 50.4. The summed E-state index contributed by atoms with van der Waals surface area (Å²) in [7, 11) is 0. The highest BCUT2D eigenvalue weighted by Gasteiger charge is 2.64. The van der Waals surface area contributed by atoms with Gasteiger partial charge in [0.1, 0.15) is 5.78 Å². The summed E-state index contributed by atoms with van der Waals surface area (Å²) in [6.07, 6.45) is 17.9. The van der Waals surface area contributed by atoms with Gasteiger partial charge in [-0.2, -0.15) is 0 Å². The summed E-state index contributed by atoms with van der Waals surface area (Å²) < 4.78 is 0. The van der Waals surface area contributed by atoms with Gasteiger partial charge >= 0.3 is 11.9 Å². The lowest BCUT2D eigenvalue weighted by Gasteiger charge is -2.62. The minimum atomic E-state index is -0.691. The van der Waals surface area contributed by atoms with Crippen molar-refractivity contribution < 1.29 is 39.9 Å². The number of Topliss-reactive ketones (excluding diaryl/α,β-unsaturated/α-hetero) is 1. The van der Waals surface area contributed by atoms with Crippen molar-refractivity contribution in [3.8, 4) is 0 Å². The highest BCUT2D eigenvalue weighted by atomic mass is 16.4. The molecule has 19 atom stereocenters. The van der Waals surface area contributed by atoms with Gasteiger partial charge in [0.15, 0.2) is 0 Å². The first kappa shape index (κ1) is 42.6. The van der Waals surface area contributed by atoms with Crippen molar-refractivity contribution in [3.63, 3.8) is 0 Å². The van der Waals surface area contributed by atoms with Crippen molar-refractivity contribution in [3.05, 3.63) is 0 Å². The molecule has 0 aromatic rings. The number of carboxylic acid groups (broad SMARTS) is 2. The van der Waals surface area contributed by atoms with Crippen LogP contribution in [0.5, 0.6) is 0 Å². The fourth-order valence-corrected chi connectivity index (χ4v) is 17.3. The van der Waals surface area contributed by atoms with E-state index >= 15 is 0 Å². The Morgan fingerprint density at radius 3 is 1.50 bits per heavy atom. The van der Waals surface area contributed by atoms with E-state index in [0.29, 0.717) is 83.2 Å². The molecule has 0 aliphatic heterocycles. The van der Waals surface area contributed by atoms with E-state index in [2.05, 4.69) is 41.5 Å². The molecule has 8 fully saturated rings. The molecule has 8 nitrogen and oxygen atoms in total. The van der Waals surface area contributed by atoms with E-state index in [1.807, 2.05) is 0 Å².